The van der Waals surface area contributed by atoms with E-state index in [0.29, 0.717) is 0 Å². The minimum atomic E-state index is -4.58. The maximum atomic E-state index is 12.5. The third-order valence-corrected chi connectivity index (χ3v) is 1.98. The molecular weight excluding hydrogens is 222 g/mol. The third kappa shape index (κ3) is 2.36. The van der Waals surface area contributed by atoms with Crippen LogP contribution in [0.1, 0.15) is 11.6 Å². The van der Waals surface area contributed by atoms with Gasteiger partial charge in [0.15, 0.2) is 0 Å². The lowest BCUT2D eigenvalue weighted by molar-refractivity contribution is -0.149. The lowest BCUT2D eigenvalue weighted by Crippen LogP contribution is -2.28. The van der Waals surface area contributed by atoms with Gasteiger partial charge in [-0.3, -0.25) is 0 Å². The molecule has 0 heterocycles. The highest BCUT2D eigenvalue weighted by molar-refractivity contribution is 6.31. The lowest BCUT2D eigenvalue weighted by Gasteiger charge is -2.16. The van der Waals surface area contributed by atoms with Crippen LogP contribution in [0.3, 0.4) is 0 Å². The molecule has 0 aliphatic rings. The van der Waals surface area contributed by atoms with Crippen molar-refractivity contribution in [2.75, 3.05) is 0 Å². The molecule has 1 aromatic rings. The minimum absolute atomic E-state index is 0.324. The van der Waals surface area contributed by atoms with E-state index >= 15 is 0 Å². The Bertz CT molecular complexity index is 337. The van der Waals surface area contributed by atoms with E-state index in [4.69, 9.17) is 17.3 Å². The van der Waals surface area contributed by atoms with Gasteiger partial charge in [-0.2, -0.15) is 13.2 Å². The second-order valence-electron chi connectivity index (χ2n) is 2.69. The summed E-state index contributed by atoms with van der Waals surface area (Å²) in [6, 6.07) is 0.418. The SMILES string of the molecule is NC(c1ccc(F)cc1Cl)C(F)(F)F. The smallest absolute Gasteiger partial charge is 0.316 e. The second kappa shape index (κ2) is 3.74. The molecule has 0 saturated carbocycles. The standard InChI is InChI=1S/C8H6ClF4N/c9-6-3-4(10)1-2-5(6)7(14)8(11,12)13/h1-3,7H,14H2. The molecule has 0 spiro atoms. The largest absolute Gasteiger partial charge is 0.407 e. The van der Waals surface area contributed by atoms with Gasteiger partial charge in [-0.25, -0.2) is 4.39 Å². The van der Waals surface area contributed by atoms with Crippen molar-refractivity contribution in [3.8, 4) is 0 Å². The van der Waals surface area contributed by atoms with Gasteiger partial charge in [0.2, 0.25) is 0 Å². The van der Waals surface area contributed by atoms with Crippen LogP contribution in [0.15, 0.2) is 18.2 Å². The number of rotatable bonds is 1. The van der Waals surface area contributed by atoms with Crippen molar-refractivity contribution >= 4 is 11.6 Å². The molecular formula is C8H6ClF4N. The van der Waals surface area contributed by atoms with Gasteiger partial charge in [0, 0.05) is 5.02 Å². The zero-order chi connectivity index (χ0) is 10.9. The summed E-state index contributed by atoms with van der Waals surface area (Å²) in [5, 5.41) is -0.324. The summed E-state index contributed by atoms with van der Waals surface area (Å²) in [6.45, 7) is 0. The Hall–Kier alpha value is -0.810. The molecule has 1 atom stereocenters. The van der Waals surface area contributed by atoms with Gasteiger partial charge < -0.3 is 5.73 Å². The van der Waals surface area contributed by atoms with Crippen LogP contribution in [0.2, 0.25) is 5.02 Å². The van der Waals surface area contributed by atoms with Gasteiger partial charge in [-0.05, 0) is 17.7 Å². The highest BCUT2D eigenvalue weighted by Gasteiger charge is 2.38. The fourth-order valence-electron chi connectivity index (χ4n) is 0.930. The first-order valence-corrected chi connectivity index (χ1v) is 3.97. The van der Waals surface area contributed by atoms with Gasteiger partial charge in [0.1, 0.15) is 11.9 Å². The lowest BCUT2D eigenvalue weighted by atomic mass is 10.1. The average molecular weight is 228 g/mol. The molecule has 2 N–H and O–H groups in total. The fraction of sp³-hybridized carbons (Fsp3) is 0.250. The third-order valence-electron chi connectivity index (χ3n) is 1.65. The van der Waals surface area contributed by atoms with Gasteiger partial charge in [0.25, 0.3) is 0 Å². The Morgan fingerprint density at radius 1 is 1.29 bits per heavy atom. The molecule has 0 radical (unpaired) electrons. The summed E-state index contributed by atoms with van der Waals surface area (Å²) in [7, 11) is 0. The van der Waals surface area contributed by atoms with E-state index in [1.54, 1.807) is 0 Å². The van der Waals surface area contributed by atoms with Gasteiger partial charge in [-0.15, -0.1) is 0 Å². The van der Waals surface area contributed by atoms with E-state index in [9.17, 15) is 17.6 Å². The number of halogens is 5. The first-order chi connectivity index (χ1) is 6.32. The minimum Gasteiger partial charge on any atom is -0.316 e. The molecule has 0 bridgehead atoms. The Kier molecular flexibility index (Phi) is 3.01. The molecule has 1 aromatic carbocycles. The predicted octanol–water partition coefficient (Wildman–Crippen LogP) is 3.04. The van der Waals surface area contributed by atoms with Crippen LogP contribution >= 0.6 is 11.6 Å². The molecule has 1 nitrogen and oxygen atoms in total. The molecule has 14 heavy (non-hydrogen) atoms. The maximum absolute atomic E-state index is 12.5. The number of benzene rings is 1. The molecule has 0 aromatic heterocycles. The summed E-state index contributed by atoms with van der Waals surface area (Å²) in [5.74, 6) is -0.701. The van der Waals surface area contributed by atoms with Crippen LogP contribution in [-0.4, -0.2) is 6.18 Å². The van der Waals surface area contributed by atoms with Crippen LogP contribution in [0.25, 0.3) is 0 Å². The highest BCUT2D eigenvalue weighted by atomic mass is 35.5. The van der Waals surface area contributed by atoms with Crippen molar-refractivity contribution in [3.63, 3.8) is 0 Å². The number of hydrogen-bond donors (Lipinski definition) is 1. The number of hydrogen-bond acceptors (Lipinski definition) is 1. The van der Waals surface area contributed by atoms with Gasteiger partial charge in [-0.1, -0.05) is 17.7 Å². The summed E-state index contributed by atoms with van der Waals surface area (Å²) in [5.41, 5.74) is 4.56. The van der Waals surface area contributed by atoms with Crippen LogP contribution in [0, 0.1) is 5.82 Å². The quantitative estimate of drug-likeness (QED) is 0.734. The van der Waals surface area contributed by atoms with Crippen molar-refractivity contribution < 1.29 is 17.6 Å². The van der Waals surface area contributed by atoms with E-state index in [0.717, 1.165) is 18.2 Å². The van der Waals surface area contributed by atoms with E-state index in [2.05, 4.69) is 0 Å². The summed E-state index contributed by atoms with van der Waals surface area (Å²) < 4.78 is 48.9. The first-order valence-electron chi connectivity index (χ1n) is 3.59. The zero-order valence-corrected chi connectivity index (χ0v) is 7.53. The monoisotopic (exact) mass is 227 g/mol. The van der Waals surface area contributed by atoms with Crippen LogP contribution in [0.4, 0.5) is 17.6 Å². The molecule has 0 fully saturated rings. The first kappa shape index (κ1) is 11.3. The summed E-state index contributed by atoms with van der Waals surface area (Å²) in [4.78, 5) is 0. The van der Waals surface area contributed by atoms with Crippen molar-refractivity contribution in [1.82, 2.24) is 0 Å². The molecule has 0 aliphatic heterocycles. The second-order valence-corrected chi connectivity index (χ2v) is 3.09. The number of alkyl halides is 3. The van der Waals surface area contributed by atoms with E-state index in [-0.39, 0.29) is 10.6 Å². The van der Waals surface area contributed by atoms with E-state index in [1.165, 1.54) is 0 Å². The molecule has 1 unspecified atom stereocenters. The summed E-state index contributed by atoms with van der Waals surface area (Å²) in [6.07, 6.45) is -4.58. The molecule has 1 rings (SSSR count). The topological polar surface area (TPSA) is 26.0 Å². The van der Waals surface area contributed by atoms with Gasteiger partial charge in [0.05, 0.1) is 0 Å². The normalized spacial score (nSPS) is 14.1. The predicted molar refractivity (Wildman–Crippen MR) is 44.4 cm³/mol. The average Bonchev–Trinajstić information content (AvgIpc) is 2.01. The van der Waals surface area contributed by atoms with E-state index < -0.39 is 18.0 Å². The Morgan fingerprint density at radius 2 is 1.86 bits per heavy atom. The molecule has 0 amide bonds. The fourth-order valence-corrected chi connectivity index (χ4v) is 1.21. The highest BCUT2D eigenvalue weighted by Crippen LogP contribution is 2.34. The Labute approximate surface area is 82.5 Å². The van der Waals surface area contributed by atoms with Crippen molar-refractivity contribution in [3.05, 3.63) is 34.6 Å². The van der Waals surface area contributed by atoms with Crippen LogP contribution < -0.4 is 5.73 Å². The Morgan fingerprint density at radius 3 is 2.29 bits per heavy atom. The molecule has 0 aliphatic carbocycles. The number of nitrogens with two attached hydrogens (primary N) is 1. The van der Waals surface area contributed by atoms with Crippen LogP contribution in [0.5, 0.6) is 0 Å². The maximum Gasteiger partial charge on any atom is 0.407 e. The van der Waals surface area contributed by atoms with Crippen molar-refractivity contribution in [2.24, 2.45) is 5.73 Å². The van der Waals surface area contributed by atoms with Crippen LogP contribution in [-0.2, 0) is 0 Å². The van der Waals surface area contributed by atoms with Gasteiger partial charge >= 0.3 is 6.18 Å². The zero-order valence-electron chi connectivity index (χ0n) is 6.78. The Balaban J connectivity index is 3.08. The van der Waals surface area contributed by atoms with E-state index in [1.807, 2.05) is 0 Å². The molecule has 6 heteroatoms. The molecule has 78 valence electrons. The van der Waals surface area contributed by atoms with Crippen molar-refractivity contribution in [2.45, 2.75) is 12.2 Å². The molecule has 0 saturated heterocycles. The van der Waals surface area contributed by atoms with Crippen molar-refractivity contribution in [1.29, 1.82) is 0 Å². The summed E-state index contributed by atoms with van der Waals surface area (Å²) >= 11 is 5.41.